The lowest BCUT2D eigenvalue weighted by atomic mass is 9.85. The Kier molecular flexibility index (Phi) is 2.87. The van der Waals surface area contributed by atoms with Crippen molar-refractivity contribution in [2.24, 2.45) is 7.05 Å². The number of aliphatic hydroxyl groups is 1. The third-order valence-corrected chi connectivity index (χ3v) is 3.52. The maximum atomic E-state index is 10.1. The fourth-order valence-electron chi connectivity index (χ4n) is 2.16. The zero-order chi connectivity index (χ0) is 12.5. The fourth-order valence-corrected chi connectivity index (χ4v) is 2.16. The molecule has 18 heavy (non-hydrogen) atoms. The van der Waals surface area contributed by atoms with Crippen molar-refractivity contribution in [1.82, 2.24) is 19.9 Å². The van der Waals surface area contributed by atoms with Gasteiger partial charge < -0.3 is 9.63 Å². The van der Waals surface area contributed by atoms with E-state index in [4.69, 9.17) is 4.52 Å². The highest BCUT2D eigenvalue weighted by Gasteiger charge is 2.25. The molecule has 0 bridgehead atoms. The second kappa shape index (κ2) is 4.53. The fraction of sp³-hybridized carbons (Fsp3) is 0.583. The minimum atomic E-state index is -0.660. The molecule has 1 N–H and O–H groups in total. The van der Waals surface area contributed by atoms with Gasteiger partial charge in [-0.05, 0) is 18.9 Å². The van der Waals surface area contributed by atoms with Crippen molar-refractivity contribution in [2.75, 3.05) is 0 Å². The molecule has 0 aliphatic heterocycles. The van der Waals surface area contributed by atoms with E-state index in [0.29, 0.717) is 18.2 Å². The molecule has 0 spiro atoms. The molecular formula is C12H16N4O2. The maximum absolute atomic E-state index is 10.1. The predicted octanol–water partition coefficient (Wildman–Crippen LogP) is 1.35. The molecule has 96 valence electrons. The number of aromatic nitrogens is 4. The summed E-state index contributed by atoms with van der Waals surface area (Å²) < 4.78 is 6.83. The average Bonchev–Trinajstić information content (AvgIpc) is 2.85. The van der Waals surface area contributed by atoms with Gasteiger partial charge in [-0.3, -0.25) is 4.68 Å². The molecule has 2 aromatic rings. The van der Waals surface area contributed by atoms with Gasteiger partial charge in [0.25, 0.3) is 0 Å². The number of nitrogens with zero attached hydrogens (tertiary/aromatic N) is 4. The zero-order valence-electron chi connectivity index (χ0n) is 10.3. The minimum absolute atomic E-state index is 0.333. The van der Waals surface area contributed by atoms with Crippen LogP contribution >= 0.6 is 0 Å². The van der Waals surface area contributed by atoms with Gasteiger partial charge in [-0.25, -0.2) is 0 Å². The van der Waals surface area contributed by atoms with E-state index >= 15 is 0 Å². The summed E-state index contributed by atoms with van der Waals surface area (Å²) in [5.41, 5.74) is 0.749. The molecule has 1 aliphatic rings. The van der Waals surface area contributed by atoms with Crippen molar-refractivity contribution in [3.05, 3.63) is 29.7 Å². The van der Waals surface area contributed by atoms with Crippen molar-refractivity contribution in [3.63, 3.8) is 0 Å². The molecule has 2 heterocycles. The Morgan fingerprint density at radius 2 is 2.39 bits per heavy atom. The number of hydrogen-bond donors (Lipinski definition) is 1. The molecule has 1 unspecified atom stereocenters. The van der Waals surface area contributed by atoms with Gasteiger partial charge in [-0.15, -0.1) is 0 Å². The van der Waals surface area contributed by atoms with Gasteiger partial charge in [-0.2, -0.15) is 10.1 Å². The molecule has 1 aliphatic carbocycles. The molecule has 2 aromatic heterocycles. The first kappa shape index (κ1) is 11.4. The first-order chi connectivity index (χ1) is 8.74. The summed E-state index contributed by atoms with van der Waals surface area (Å²) >= 11 is 0. The molecule has 0 amide bonds. The molecule has 0 radical (unpaired) electrons. The minimum Gasteiger partial charge on any atom is -0.386 e. The summed E-state index contributed by atoms with van der Waals surface area (Å²) in [4.78, 5) is 4.34. The van der Waals surface area contributed by atoms with Gasteiger partial charge in [0.1, 0.15) is 6.10 Å². The third-order valence-electron chi connectivity index (χ3n) is 3.52. The Labute approximate surface area is 105 Å². The van der Waals surface area contributed by atoms with Crippen molar-refractivity contribution >= 4 is 0 Å². The molecule has 0 aromatic carbocycles. The molecule has 1 saturated carbocycles. The van der Waals surface area contributed by atoms with Crippen LogP contribution in [-0.4, -0.2) is 25.0 Å². The van der Waals surface area contributed by atoms with Crippen LogP contribution in [0, 0.1) is 0 Å². The van der Waals surface area contributed by atoms with Crippen LogP contribution in [0.1, 0.15) is 48.7 Å². The Hall–Kier alpha value is -1.69. The van der Waals surface area contributed by atoms with Crippen molar-refractivity contribution in [2.45, 2.75) is 37.7 Å². The second-order valence-electron chi connectivity index (χ2n) is 4.77. The summed E-state index contributed by atoms with van der Waals surface area (Å²) in [6, 6.07) is 1.79. The lowest BCUT2D eigenvalue weighted by Crippen LogP contribution is -2.11. The van der Waals surface area contributed by atoms with Crippen LogP contribution in [0.25, 0.3) is 0 Å². The number of rotatable bonds is 4. The topological polar surface area (TPSA) is 77.0 Å². The van der Waals surface area contributed by atoms with Crippen molar-refractivity contribution in [3.8, 4) is 0 Å². The lowest BCUT2D eigenvalue weighted by Gasteiger charge is -2.20. The molecule has 3 rings (SSSR count). The summed E-state index contributed by atoms with van der Waals surface area (Å²) in [7, 11) is 1.80. The van der Waals surface area contributed by atoms with Crippen LogP contribution in [0.4, 0.5) is 0 Å². The second-order valence-corrected chi connectivity index (χ2v) is 4.77. The summed E-state index contributed by atoms with van der Waals surface area (Å²) in [6.45, 7) is 0. The highest BCUT2D eigenvalue weighted by atomic mass is 16.5. The van der Waals surface area contributed by atoms with E-state index in [9.17, 15) is 5.11 Å². The highest BCUT2D eigenvalue weighted by molar-refractivity contribution is 5.07. The predicted molar refractivity (Wildman–Crippen MR) is 62.8 cm³/mol. The number of aryl methyl sites for hydroxylation is 1. The standard InChI is InChI=1S/C12H16N4O2/c1-16-9(5-6-13-16)10(17)7-11-14-12(15-18-11)8-3-2-4-8/h5-6,8,10,17H,2-4,7H2,1H3. The Morgan fingerprint density at radius 1 is 1.56 bits per heavy atom. The van der Waals surface area contributed by atoms with Crippen LogP contribution in [0.3, 0.4) is 0 Å². The van der Waals surface area contributed by atoms with Gasteiger partial charge in [0, 0.05) is 19.2 Å². The van der Waals surface area contributed by atoms with E-state index in [0.717, 1.165) is 24.4 Å². The molecule has 6 nitrogen and oxygen atoms in total. The van der Waals surface area contributed by atoms with E-state index < -0.39 is 6.10 Å². The van der Waals surface area contributed by atoms with Gasteiger partial charge >= 0.3 is 0 Å². The van der Waals surface area contributed by atoms with Gasteiger partial charge in [0.2, 0.25) is 5.89 Å². The first-order valence-corrected chi connectivity index (χ1v) is 6.22. The van der Waals surface area contributed by atoms with E-state index in [2.05, 4.69) is 15.2 Å². The van der Waals surface area contributed by atoms with E-state index in [1.165, 1.54) is 6.42 Å². The summed E-state index contributed by atoms with van der Waals surface area (Å²) in [6.07, 6.45) is 4.86. The quantitative estimate of drug-likeness (QED) is 0.883. The van der Waals surface area contributed by atoms with Crippen LogP contribution in [-0.2, 0) is 13.5 Å². The SMILES string of the molecule is Cn1nccc1C(O)Cc1nc(C2CCC2)no1. The van der Waals surface area contributed by atoms with E-state index in [1.807, 2.05) is 0 Å². The monoisotopic (exact) mass is 248 g/mol. The van der Waals surface area contributed by atoms with Gasteiger partial charge in [-0.1, -0.05) is 11.6 Å². The Balaban J connectivity index is 1.68. The summed E-state index contributed by atoms with van der Waals surface area (Å²) in [5.74, 6) is 1.73. The molecule has 0 saturated heterocycles. The van der Waals surface area contributed by atoms with Gasteiger partial charge in [0.15, 0.2) is 5.82 Å². The lowest BCUT2D eigenvalue weighted by molar-refractivity contribution is 0.155. The Morgan fingerprint density at radius 3 is 3.00 bits per heavy atom. The average molecular weight is 248 g/mol. The van der Waals surface area contributed by atoms with Crippen molar-refractivity contribution in [1.29, 1.82) is 0 Å². The van der Waals surface area contributed by atoms with E-state index in [1.54, 1.807) is 24.0 Å². The molecule has 1 atom stereocenters. The molecule has 6 heteroatoms. The smallest absolute Gasteiger partial charge is 0.229 e. The maximum Gasteiger partial charge on any atom is 0.229 e. The Bertz CT molecular complexity index is 530. The number of hydrogen-bond acceptors (Lipinski definition) is 5. The van der Waals surface area contributed by atoms with Crippen LogP contribution in [0.15, 0.2) is 16.8 Å². The van der Waals surface area contributed by atoms with Gasteiger partial charge in [0.05, 0.1) is 12.1 Å². The number of aliphatic hydroxyl groups excluding tert-OH is 1. The highest BCUT2D eigenvalue weighted by Crippen LogP contribution is 2.34. The largest absolute Gasteiger partial charge is 0.386 e. The third kappa shape index (κ3) is 2.03. The summed E-state index contributed by atoms with van der Waals surface area (Å²) in [5, 5.41) is 18.1. The van der Waals surface area contributed by atoms with E-state index in [-0.39, 0.29) is 0 Å². The molecule has 1 fully saturated rings. The first-order valence-electron chi connectivity index (χ1n) is 6.22. The van der Waals surface area contributed by atoms with Crippen LogP contribution < -0.4 is 0 Å². The van der Waals surface area contributed by atoms with Crippen molar-refractivity contribution < 1.29 is 9.63 Å². The molecular weight excluding hydrogens is 232 g/mol. The van der Waals surface area contributed by atoms with Crippen LogP contribution in [0.5, 0.6) is 0 Å². The zero-order valence-corrected chi connectivity index (χ0v) is 10.3. The van der Waals surface area contributed by atoms with Crippen LogP contribution in [0.2, 0.25) is 0 Å². The normalized spacial score (nSPS) is 17.7.